The molecule has 9 N–H and O–H groups in total. The molecule has 0 aliphatic rings. The third kappa shape index (κ3) is 24.4. The van der Waals surface area contributed by atoms with E-state index in [4.69, 9.17) is 10.2 Å². The molecule has 1 unspecified atom stereocenters. The summed E-state index contributed by atoms with van der Waals surface area (Å²) >= 11 is 0. The molecule has 0 heterocycles. The molecule has 0 radical (unpaired) electrons. The Kier molecular flexibility index (Phi) is 51.8. The van der Waals surface area contributed by atoms with E-state index in [1.807, 2.05) is 0 Å². The molecule has 0 aliphatic heterocycles. The Bertz CT molecular complexity index is 67.9. The number of hydrogen-bond donors (Lipinski definition) is 3. The average Bonchev–Trinajstić information content (AvgIpc) is 1.36. The van der Waals surface area contributed by atoms with Crippen LogP contribution in [0.2, 0.25) is 0 Å². The average molecular weight is 191 g/mol. The second-order valence-electron chi connectivity index (χ2n) is 1.01. The zero-order valence-electron chi connectivity index (χ0n) is 5.59. The van der Waals surface area contributed by atoms with Crippen molar-refractivity contribution >= 4 is 5.97 Å². The second kappa shape index (κ2) is 16.0. The number of aliphatic hydroxyl groups excluding tert-OH is 1. The van der Waals surface area contributed by atoms with Crippen LogP contribution in [0.1, 0.15) is 6.92 Å². The summed E-state index contributed by atoms with van der Waals surface area (Å²) in [5, 5.41) is 15.8. The van der Waals surface area contributed by atoms with Gasteiger partial charge in [-0.1, -0.05) is 0 Å². The van der Waals surface area contributed by atoms with Gasteiger partial charge in [-0.05, 0) is 6.92 Å². The molecule has 64 valence electrons. The normalized spacial score (nSPS) is 8.20. The summed E-state index contributed by atoms with van der Waals surface area (Å²) in [4.78, 5) is 9.45. The Hall–Kier alpha value is 0.0243. The zero-order valence-corrected chi connectivity index (χ0v) is 7.15. The maximum absolute atomic E-state index is 9.45. The summed E-state index contributed by atoms with van der Waals surface area (Å²) in [5.74, 6) is -1.19. The van der Waals surface area contributed by atoms with Gasteiger partial charge in [0.2, 0.25) is 0 Å². The fraction of sp³-hybridized carbons (Fsp3) is 0.667. The monoisotopic (exact) mass is 191 g/mol. The molecule has 0 aromatic carbocycles. The summed E-state index contributed by atoms with van der Waals surface area (Å²) in [7, 11) is 0. The molecule has 0 saturated heterocycles. The number of aliphatic carboxylic acids is 1. The van der Waals surface area contributed by atoms with Gasteiger partial charge in [0.25, 0.3) is 0 Å². The Balaban J connectivity index is -0.0000000208. The molecule has 0 saturated carbocycles. The van der Waals surface area contributed by atoms with Crippen molar-refractivity contribution in [3.63, 3.8) is 0 Å². The van der Waals surface area contributed by atoms with E-state index in [1.54, 1.807) is 0 Å². The molecule has 1 atom stereocenters. The second-order valence-corrected chi connectivity index (χ2v) is 1.01. The third-order valence-electron chi connectivity index (χ3n) is 0.357. The Morgan fingerprint density at radius 1 is 1.40 bits per heavy atom. The predicted molar refractivity (Wildman–Crippen MR) is 31.6 cm³/mol. The summed E-state index contributed by atoms with van der Waals surface area (Å²) < 4.78 is 0. The SMILES string of the molecule is CC(O)C(=O)O.N.O.O.[Ti]. The molecule has 0 aliphatic carbocycles. The molecule has 6 nitrogen and oxygen atoms in total. The van der Waals surface area contributed by atoms with E-state index in [0.29, 0.717) is 0 Å². The molecule has 0 bridgehead atoms. The van der Waals surface area contributed by atoms with Crippen LogP contribution in [0, 0.1) is 0 Å². The van der Waals surface area contributed by atoms with E-state index in [1.165, 1.54) is 6.92 Å². The van der Waals surface area contributed by atoms with E-state index < -0.39 is 12.1 Å². The minimum absolute atomic E-state index is 0. The van der Waals surface area contributed by atoms with Crippen molar-refractivity contribution in [2.24, 2.45) is 0 Å². The standard InChI is InChI=1S/C3H6O3.H3N.2H2O.Ti/c1-2(4)3(5)6;;;;/h2,4H,1H3,(H,5,6);1H3;2*1H2;. The predicted octanol–water partition coefficient (Wildman–Crippen LogP) is -2.04. The van der Waals surface area contributed by atoms with Gasteiger partial charge in [-0.25, -0.2) is 4.79 Å². The first-order valence-electron chi connectivity index (χ1n) is 1.55. The van der Waals surface area contributed by atoms with Crippen molar-refractivity contribution in [2.75, 3.05) is 0 Å². The third-order valence-corrected chi connectivity index (χ3v) is 0.357. The van der Waals surface area contributed by atoms with Crippen LogP contribution >= 0.6 is 0 Å². The molecular formula is C3H13NO5Ti. The van der Waals surface area contributed by atoms with Crippen molar-refractivity contribution in [3.05, 3.63) is 0 Å². The summed E-state index contributed by atoms with van der Waals surface area (Å²) in [6.45, 7) is 1.20. The first-order chi connectivity index (χ1) is 2.64. The van der Waals surface area contributed by atoms with Crippen LogP contribution in [-0.4, -0.2) is 33.2 Å². The van der Waals surface area contributed by atoms with Gasteiger partial charge in [-0.3, -0.25) is 0 Å². The van der Waals surface area contributed by atoms with Crippen LogP contribution in [-0.2, 0) is 26.5 Å². The molecule has 7 heteroatoms. The maximum atomic E-state index is 9.45. The number of rotatable bonds is 1. The molecule has 0 amide bonds. The van der Waals surface area contributed by atoms with Crippen LogP contribution in [0.5, 0.6) is 0 Å². The van der Waals surface area contributed by atoms with Gasteiger partial charge in [-0.15, -0.1) is 0 Å². The Morgan fingerprint density at radius 2 is 1.50 bits per heavy atom. The first kappa shape index (κ1) is 32.3. The van der Waals surface area contributed by atoms with Crippen molar-refractivity contribution in [1.29, 1.82) is 0 Å². The summed E-state index contributed by atoms with van der Waals surface area (Å²) in [6.07, 6.45) is -1.23. The quantitative estimate of drug-likeness (QED) is 0.408. The topological polar surface area (TPSA) is 156 Å². The smallest absolute Gasteiger partial charge is 0.332 e. The number of carboxylic acids is 1. The minimum atomic E-state index is -1.23. The van der Waals surface area contributed by atoms with Crippen LogP contribution in [0.25, 0.3) is 0 Å². The van der Waals surface area contributed by atoms with Gasteiger partial charge >= 0.3 is 5.97 Å². The molecular weight excluding hydrogens is 178 g/mol. The van der Waals surface area contributed by atoms with Crippen LogP contribution in [0.3, 0.4) is 0 Å². The molecule has 0 aromatic rings. The van der Waals surface area contributed by atoms with Gasteiger partial charge in [0.15, 0.2) is 0 Å². The number of aliphatic hydroxyl groups is 1. The van der Waals surface area contributed by atoms with Crippen molar-refractivity contribution < 1.29 is 47.7 Å². The fourth-order valence-corrected chi connectivity index (χ4v) is 0. The van der Waals surface area contributed by atoms with Gasteiger partial charge in [0, 0.05) is 21.7 Å². The van der Waals surface area contributed by atoms with Crippen LogP contribution in [0.4, 0.5) is 0 Å². The van der Waals surface area contributed by atoms with E-state index in [0.717, 1.165) is 0 Å². The maximum Gasteiger partial charge on any atom is 0.332 e. The number of carboxylic acid groups (broad SMARTS) is 1. The van der Waals surface area contributed by atoms with Crippen molar-refractivity contribution in [2.45, 2.75) is 13.0 Å². The molecule has 10 heavy (non-hydrogen) atoms. The van der Waals surface area contributed by atoms with Crippen molar-refractivity contribution in [3.8, 4) is 0 Å². The molecule has 0 aromatic heterocycles. The van der Waals surface area contributed by atoms with Gasteiger partial charge in [0.1, 0.15) is 6.10 Å². The van der Waals surface area contributed by atoms with E-state index in [-0.39, 0.29) is 38.8 Å². The van der Waals surface area contributed by atoms with Gasteiger partial charge < -0.3 is 27.3 Å². The first-order valence-corrected chi connectivity index (χ1v) is 1.55. The molecule has 0 fully saturated rings. The van der Waals surface area contributed by atoms with Crippen molar-refractivity contribution in [1.82, 2.24) is 6.15 Å². The van der Waals surface area contributed by atoms with E-state index in [2.05, 4.69) is 0 Å². The van der Waals surface area contributed by atoms with E-state index >= 15 is 0 Å². The van der Waals surface area contributed by atoms with Crippen LogP contribution < -0.4 is 6.15 Å². The molecule has 0 spiro atoms. The fourth-order valence-electron chi connectivity index (χ4n) is 0. The summed E-state index contributed by atoms with van der Waals surface area (Å²) in [6, 6.07) is 0. The van der Waals surface area contributed by atoms with E-state index in [9.17, 15) is 4.79 Å². The van der Waals surface area contributed by atoms with Gasteiger partial charge in [0.05, 0.1) is 0 Å². The summed E-state index contributed by atoms with van der Waals surface area (Å²) in [5.41, 5.74) is 0. The number of hydrogen-bond acceptors (Lipinski definition) is 3. The number of carbonyl (C=O) groups is 1. The van der Waals surface area contributed by atoms with Gasteiger partial charge in [-0.2, -0.15) is 0 Å². The Labute approximate surface area is 73.3 Å². The minimum Gasteiger partial charge on any atom is -0.479 e. The largest absolute Gasteiger partial charge is 0.479 e. The van der Waals surface area contributed by atoms with Crippen LogP contribution in [0.15, 0.2) is 0 Å². The Morgan fingerprint density at radius 3 is 1.50 bits per heavy atom. The molecule has 0 rings (SSSR count). The zero-order chi connectivity index (χ0) is 5.15.